The number of nitrogens with zero attached hydrogens (tertiary/aromatic N) is 2. The van der Waals surface area contributed by atoms with E-state index in [0.29, 0.717) is 31.2 Å². The summed E-state index contributed by atoms with van der Waals surface area (Å²) in [5, 5.41) is 4.03. The molecule has 1 amide bonds. The lowest BCUT2D eigenvalue weighted by Crippen LogP contribution is -2.53. The fraction of sp³-hybridized carbons (Fsp3) is 0.385. The third-order valence-corrected chi connectivity index (χ3v) is 6.55. The minimum absolute atomic E-state index is 0.0796. The average Bonchev–Trinajstić information content (AvgIpc) is 3.21. The molecule has 0 radical (unpaired) electrons. The van der Waals surface area contributed by atoms with E-state index in [-0.39, 0.29) is 11.9 Å². The standard InChI is InChI=1S/C26H28FN3O2/c1-2-32-21-9-7-17(8-10-21)25-15-23(22-5-3-4-6-24(22)29-25)26(31)28-19-13-20(14-19)30-12-11-18(27)16-30/h3-10,15,18-20H,2,11-14,16H2,1H3,(H,28,31)/t18-,19?,20?/m0/s1. The van der Waals surface area contributed by atoms with Crippen LogP contribution < -0.4 is 10.1 Å². The van der Waals surface area contributed by atoms with Crippen LogP contribution in [0.25, 0.3) is 22.2 Å². The summed E-state index contributed by atoms with van der Waals surface area (Å²) < 4.78 is 19.0. The zero-order chi connectivity index (χ0) is 22.1. The number of aromatic nitrogens is 1. The van der Waals surface area contributed by atoms with Gasteiger partial charge in [0.15, 0.2) is 0 Å². The number of likely N-dealkylation sites (tertiary alicyclic amines) is 1. The fourth-order valence-corrected chi connectivity index (χ4v) is 4.74. The Bertz CT molecular complexity index is 1110. The van der Waals surface area contributed by atoms with Crippen LogP contribution in [0, 0.1) is 0 Å². The van der Waals surface area contributed by atoms with Crippen molar-refractivity contribution in [2.75, 3.05) is 19.7 Å². The van der Waals surface area contributed by atoms with Crippen LogP contribution in [0.4, 0.5) is 4.39 Å². The molecule has 0 spiro atoms. The summed E-state index contributed by atoms with van der Waals surface area (Å²) in [6.07, 6.45) is 1.69. The summed E-state index contributed by atoms with van der Waals surface area (Å²) in [5.41, 5.74) is 3.12. The normalized spacial score (nSPS) is 23.1. The lowest BCUT2D eigenvalue weighted by molar-refractivity contribution is 0.0807. The molecule has 32 heavy (non-hydrogen) atoms. The number of nitrogens with one attached hydrogen (secondary N) is 1. The Morgan fingerprint density at radius 1 is 1.19 bits per heavy atom. The topological polar surface area (TPSA) is 54.5 Å². The third-order valence-electron chi connectivity index (χ3n) is 6.55. The molecule has 5 rings (SSSR count). The number of carbonyl (C=O) groups is 1. The van der Waals surface area contributed by atoms with Gasteiger partial charge in [-0.3, -0.25) is 9.69 Å². The number of pyridine rings is 1. The molecule has 2 aromatic carbocycles. The number of rotatable bonds is 6. The minimum Gasteiger partial charge on any atom is -0.494 e. The van der Waals surface area contributed by atoms with Crippen LogP contribution in [-0.2, 0) is 0 Å². The number of amides is 1. The highest BCUT2D eigenvalue weighted by atomic mass is 19.1. The van der Waals surface area contributed by atoms with E-state index in [1.54, 1.807) is 0 Å². The first kappa shape index (κ1) is 20.9. The van der Waals surface area contributed by atoms with Crippen molar-refractivity contribution in [3.8, 4) is 17.0 Å². The summed E-state index contributed by atoms with van der Waals surface area (Å²) in [6.45, 7) is 3.93. The van der Waals surface area contributed by atoms with Crippen LogP contribution in [0.3, 0.4) is 0 Å². The molecule has 0 bridgehead atoms. The van der Waals surface area contributed by atoms with Gasteiger partial charge in [0.2, 0.25) is 0 Å². The highest BCUT2D eigenvalue weighted by Crippen LogP contribution is 2.31. The van der Waals surface area contributed by atoms with E-state index in [9.17, 15) is 9.18 Å². The minimum atomic E-state index is -0.701. The number of carbonyl (C=O) groups excluding carboxylic acids is 1. The van der Waals surface area contributed by atoms with Gasteiger partial charge in [-0.05, 0) is 62.6 Å². The maximum Gasteiger partial charge on any atom is 0.252 e. The summed E-state index contributed by atoms with van der Waals surface area (Å²) in [4.78, 5) is 20.2. The lowest BCUT2D eigenvalue weighted by Gasteiger charge is -2.41. The Kier molecular flexibility index (Phi) is 5.79. The number of hydrogen-bond donors (Lipinski definition) is 1. The van der Waals surface area contributed by atoms with Gasteiger partial charge in [-0.25, -0.2) is 9.37 Å². The molecule has 6 heteroatoms. The van der Waals surface area contributed by atoms with Crippen molar-refractivity contribution in [1.29, 1.82) is 0 Å². The predicted molar refractivity (Wildman–Crippen MR) is 124 cm³/mol. The quantitative estimate of drug-likeness (QED) is 0.617. The molecule has 0 unspecified atom stereocenters. The summed E-state index contributed by atoms with van der Waals surface area (Å²) in [7, 11) is 0. The Morgan fingerprint density at radius 3 is 2.69 bits per heavy atom. The zero-order valence-electron chi connectivity index (χ0n) is 18.3. The van der Waals surface area contributed by atoms with Gasteiger partial charge in [-0.15, -0.1) is 0 Å². The Hall–Kier alpha value is -2.99. The van der Waals surface area contributed by atoms with Crippen LogP contribution in [-0.4, -0.2) is 53.7 Å². The van der Waals surface area contributed by atoms with Crippen LogP contribution in [0.2, 0.25) is 0 Å². The second-order valence-corrected chi connectivity index (χ2v) is 8.71. The van der Waals surface area contributed by atoms with Crippen molar-refractivity contribution in [3.63, 3.8) is 0 Å². The number of para-hydroxylation sites is 1. The number of alkyl halides is 1. The lowest BCUT2D eigenvalue weighted by atomic mass is 9.85. The second kappa shape index (κ2) is 8.87. The first-order valence-electron chi connectivity index (χ1n) is 11.4. The first-order chi connectivity index (χ1) is 15.6. The zero-order valence-corrected chi connectivity index (χ0v) is 18.3. The molecule has 2 aliphatic rings. The summed E-state index contributed by atoms with van der Waals surface area (Å²) >= 11 is 0. The van der Waals surface area contributed by atoms with Crippen LogP contribution in [0.1, 0.15) is 36.5 Å². The number of fused-ring (bicyclic) bond motifs is 1. The summed E-state index contributed by atoms with van der Waals surface area (Å²) in [5.74, 6) is 0.732. The van der Waals surface area contributed by atoms with Crippen LogP contribution >= 0.6 is 0 Å². The molecule has 166 valence electrons. The van der Waals surface area contributed by atoms with Gasteiger partial charge in [0.25, 0.3) is 5.91 Å². The van der Waals surface area contributed by atoms with Gasteiger partial charge in [0.05, 0.1) is 23.4 Å². The number of halogens is 1. The highest BCUT2D eigenvalue weighted by molar-refractivity contribution is 6.07. The van der Waals surface area contributed by atoms with Crippen molar-refractivity contribution in [1.82, 2.24) is 15.2 Å². The largest absolute Gasteiger partial charge is 0.494 e. The van der Waals surface area contributed by atoms with Crippen molar-refractivity contribution >= 4 is 16.8 Å². The molecular formula is C26H28FN3O2. The molecule has 2 heterocycles. The van der Waals surface area contributed by atoms with E-state index in [4.69, 9.17) is 9.72 Å². The van der Waals surface area contributed by atoms with Gasteiger partial charge < -0.3 is 10.1 Å². The molecule has 1 aliphatic heterocycles. The SMILES string of the molecule is CCOc1ccc(-c2cc(C(=O)NC3CC(N4CC[C@H](F)C4)C3)c3ccccc3n2)cc1. The highest BCUT2D eigenvalue weighted by Gasteiger charge is 2.38. The molecule has 1 saturated carbocycles. The van der Waals surface area contributed by atoms with Gasteiger partial charge in [0.1, 0.15) is 11.9 Å². The van der Waals surface area contributed by atoms with Crippen LogP contribution in [0.5, 0.6) is 5.75 Å². The van der Waals surface area contributed by atoms with E-state index in [1.807, 2.05) is 61.5 Å². The van der Waals surface area contributed by atoms with Gasteiger partial charge in [0, 0.05) is 36.1 Å². The van der Waals surface area contributed by atoms with Gasteiger partial charge >= 0.3 is 0 Å². The molecular weight excluding hydrogens is 405 g/mol. The predicted octanol–water partition coefficient (Wildman–Crippen LogP) is 4.61. The molecule has 1 aromatic heterocycles. The van der Waals surface area contributed by atoms with E-state index in [0.717, 1.165) is 47.3 Å². The second-order valence-electron chi connectivity index (χ2n) is 8.71. The molecule has 3 aromatic rings. The van der Waals surface area contributed by atoms with E-state index >= 15 is 0 Å². The smallest absolute Gasteiger partial charge is 0.252 e. The van der Waals surface area contributed by atoms with Crippen LogP contribution in [0.15, 0.2) is 54.6 Å². The molecule has 5 nitrogen and oxygen atoms in total. The fourth-order valence-electron chi connectivity index (χ4n) is 4.74. The van der Waals surface area contributed by atoms with E-state index in [1.165, 1.54) is 0 Å². The molecule has 2 fully saturated rings. The maximum atomic E-state index is 13.5. The summed E-state index contributed by atoms with van der Waals surface area (Å²) in [6, 6.07) is 17.9. The number of ether oxygens (including phenoxy) is 1. The molecule has 1 N–H and O–H groups in total. The van der Waals surface area contributed by atoms with Crippen molar-refractivity contribution < 1.29 is 13.9 Å². The van der Waals surface area contributed by atoms with Gasteiger partial charge in [-0.1, -0.05) is 18.2 Å². The average molecular weight is 434 g/mol. The molecule has 1 aliphatic carbocycles. The number of hydrogen-bond acceptors (Lipinski definition) is 4. The molecule has 1 atom stereocenters. The van der Waals surface area contributed by atoms with E-state index < -0.39 is 6.17 Å². The Labute approximate surface area is 187 Å². The first-order valence-corrected chi connectivity index (χ1v) is 11.4. The van der Waals surface area contributed by atoms with Crippen molar-refractivity contribution in [3.05, 3.63) is 60.2 Å². The number of benzene rings is 2. The van der Waals surface area contributed by atoms with Crippen molar-refractivity contribution in [2.24, 2.45) is 0 Å². The van der Waals surface area contributed by atoms with Crippen molar-refractivity contribution in [2.45, 2.75) is 44.4 Å². The van der Waals surface area contributed by atoms with Gasteiger partial charge in [-0.2, -0.15) is 0 Å². The third kappa shape index (κ3) is 4.19. The molecule has 1 saturated heterocycles. The van der Waals surface area contributed by atoms with E-state index in [2.05, 4.69) is 10.2 Å². The maximum absolute atomic E-state index is 13.5. The Balaban J connectivity index is 1.35. The monoisotopic (exact) mass is 433 g/mol. The Morgan fingerprint density at radius 2 is 1.97 bits per heavy atom.